The molecule has 1 amide bonds. The zero-order valence-corrected chi connectivity index (χ0v) is 22.6. The SMILES string of the molecule is COc1ccccc1NC(=S)Nc1cccc(SC(C(=O)Nc2ccc(C)c(C)c2)c2ccccc2)c1. The van der Waals surface area contributed by atoms with E-state index in [2.05, 4.69) is 22.9 Å². The number of para-hydroxylation sites is 2. The van der Waals surface area contributed by atoms with Gasteiger partial charge in [0.15, 0.2) is 5.11 Å². The molecule has 4 rings (SSSR count). The fourth-order valence-electron chi connectivity index (χ4n) is 3.74. The number of hydrogen-bond acceptors (Lipinski definition) is 4. The molecule has 0 fully saturated rings. The number of rotatable bonds is 8. The maximum Gasteiger partial charge on any atom is 0.242 e. The van der Waals surface area contributed by atoms with E-state index in [9.17, 15) is 4.79 Å². The van der Waals surface area contributed by atoms with Gasteiger partial charge in [0.2, 0.25) is 5.91 Å². The lowest BCUT2D eigenvalue weighted by atomic mass is 10.1. The molecule has 1 atom stereocenters. The number of amides is 1. The minimum Gasteiger partial charge on any atom is -0.495 e. The van der Waals surface area contributed by atoms with Crippen LogP contribution in [0.4, 0.5) is 17.1 Å². The van der Waals surface area contributed by atoms with Crippen LogP contribution >= 0.6 is 24.0 Å². The van der Waals surface area contributed by atoms with Crippen molar-refractivity contribution in [2.24, 2.45) is 0 Å². The van der Waals surface area contributed by atoms with Gasteiger partial charge in [-0.25, -0.2) is 0 Å². The van der Waals surface area contributed by atoms with Crippen molar-refractivity contribution in [2.75, 3.05) is 23.1 Å². The maximum absolute atomic E-state index is 13.4. The second-order valence-corrected chi connectivity index (χ2v) is 10.1. The number of carbonyl (C=O) groups excluding carboxylic acids is 1. The van der Waals surface area contributed by atoms with Gasteiger partial charge >= 0.3 is 0 Å². The summed E-state index contributed by atoms with van der Waals surface area (Å²) in [6.45, 7) is 4.10. The van der Waals surface area contributed by atoms with Crippen LogP contribution in [0.25, 0.3) is 0 Å². The molecule has 0 bridgehead atoms. The summed E-state index contributed by atoms with van der Waals surface area (Å²) < 4.78 is 5.39. The van der Waals surface area contributed by atoms with Crippen molar-refractivity contribution in [1.29, 1.82) is 0 Å². The summed E-state index contributed by atoms with van der Waals surface area (Å²) in [5.41, 5.74) is 5.64. The predicted molar refractivity (Wildman–Crippen MR) is 159 cm³/mol. The highest BCUT2D eigenvalue weighted by Gasteiger charge is 2.22. The number of ether oxygens (including phenoxy) is 1. The summed E-state index contributed by atoms with van der Waals surface area (Å²) in [5, 5.41) is 9.51. The first-order valence-corrected chi connectivity index (χ1v) is 13.1. The highest BCUT2D eigenvalue weighted by molar-refractivity contribution is 8.00. The first kappa shape index (κ1) is 26.3. The lowest BCUT2D eigenvalue weighted by molar-refractivity contribution is -0.115. The number of carbonyl (C=O) groups is 1. The summed E-state index contributed by atoms with van der Waals surface area (Å²) in [5.74, 6) is 0.627. The molecule has 0 radical (unpaired) electrons. The fourth-order valence-corrected chi connectivity index (χ4v) is 5.05. The van der Waals surface area contributed by atoms with Gasteiger partial charge in [-0.1, -0.05) is 54.6 Å². The summed E-state index contributed by atoms with van der Waals surface area (Å²) in [6, 6.07) is 31.2. The smallest absolute Gasteiger partial charge is 0.242 e. The quantitative estimate of drug-likeness (QED) is 0.162. The molecule has 1 unspecified atom stereocenters. The molecule has 0 aromatic heterocycles. The normalized spacial score (nSPS) is 11.3. The Balaban J connectivity index is 1.50. The molecule has 0 saturated heterocycles. The van der Waals surface area contributed by atoms with E-state index in [4.69, 9.17) is 17.0 Å². The Kier molecular flexibility index (Phi) is 8.82. The van der Waals surface area contributed by atoms with Gasteiger partial charge in [-0.3, -0.25) is 4.79 Å². The Morgan fingerprint density at radius 1 is 0.784 bits per heavy atom. The maximum atomic E-state index is 13.4. The topological polar surface area (TPSA) is 62.4 Å². The molecule has 4 aromatic carbocycles. The number of thioether (sulfide) groups is 1. The van der Waals surface area contributed by atoms with Gasteiger partial charge in [-0.2, -0.15) is 0 Å². The molecule has 7 heteroatoms. The van der Waals surface area contributed by atoms with Gasteiger partial charge in [0.05, 0.1) is 12.8 Å². The van der Waals surface area contributed by atoms with Crippen molar-refractivity contribution in [3.8, 4) is 5.75 Å². The molecule has 0 aliphatic rings. The monoisotopic (exact) mass is 527 g/mol. The molecular weight excluding hydrogens is 498 g/mol. The lowest BCUT2D eigenvalue weighted by Crippen LogP contribution is -2.20. The molecular formula is C30H29N3O2S2. The first-order chi connectivity index (χ1) is 17.9. The Hall–Kier alpha value is -3.81. The van der Waals surface area contributed by atoms with Crippen LogP contribution in [0.2, 0.25) is 0 Å². The van der Waals surface area contributed by atoms with E-state index in [0.29, 0.717) is 10.9 Å². The van der Waals surface area contributed by atoms with Crippen LogP contribution in [0.1, 0.15) is 21.9 Å². The Bertz CT molecular complexity index is 1390. The molecule has 0 heterocycles. The van der Waals surface area contributed by atoms with E-state index in [1.54, 1.807) is 7.11 Å². The Labute approximate surface area is 227 Å². The third-order valence-corrected chi connectivity index (χ3v) is 7.27. The van der Waals surface area contributed by atoms with Crippen LogP contribution in [0, 0.1) is 13.8 Å². The summed E-state index contributed by atoms with van der Waals surface area (Å²) in [6.07, 6.45) is 0. The van der Waals surface area contributed by atoms with E-state index in [1.165, 1.54) is 17.3 Å². The van der Waals surface area contributed by atoms with E-state index >= 15 is 0 Å². The molecule has 37 heavy (non-hydrogen) atoms. The first-order valence-electron chi connectivity index (χ1n) is 11.8. The third kappa shape index (κ3) is 7.12. The van der Waals surface area contributed by atoms with Crippen molar-refractivity contribution >= 4 is 52.1 Å². The average molecular weight is 528 g/mol. The van der Waals surface area contributed by atoms with E-state index in [0.717, 1.165) is 33.1 Å². The standard InChI is InChI=1S/C30H29N3O2S2/c1-20-16-17-24(18-21(20)2)31-29(34)28(22-10-5-4-6-11-22)37-25-13-9-12-23(19-25)32-30(36)33-26-14-7-8-15-27(26)35-3/h4-19,28H,1-3H3,(H,31,34)(H2,32,33,36). The van der Waals surface area contributed by atoms with Crippen LogP contribution in [0.5, 0.6) is 5.75 Å². The summed E-state index contributed by atoms with van der Waals surface area (Å²) >= 11 is 7.01. The van der Waals surface area contributed by atoms with Gasteiger partial charge < -0.3 is 20.7 Å². The van der Waals surface area contributed by atoms with Gasteiger partial charge in [0.1, 0.15) is 11.0 Å². The van der Waals surface area contributed by atoms with E-state index < -0.39 is 5.25 Å². The number of anilines is 3. The number of thiocarbonyl (C=S) groups is 1. The lowest BCUT2D eigenvalue weighted by Gasteiger charge is -2.18. The van der Waals surface area contributed by atoms with Crippen molar-refractivity contribution in [1.82, 2.24) is 0 Å². The zero-order chi connectivity index (χ0) is 26.2. The predicted octanol–water partition coefficient (Wildman–Crippen LogP) is 7.59. The van der Waals surface area contributed by atoms with Crippen LogP contribution in [0.15, 0.2) is 102 Å². The molecule has 188 valence electrons. The molecule has 0 spiro atoms. The molecule has 0 aliphatic heterocycles. The second-order valence-electron chi connectivity index (χ2n) is 8.50. The number of nitrogens with one attached hydrogen (secondary N) is 3. The third-order valence-electron chi connectivity index (χ3n) is 5.82. The Morgan fingerprint density at radius 2 is 1.51 bits per heavy atom. The highest BCUT2D eigenvalue weighted by atomic mass is 32.2. The van der Waals surface area contributed by atoms with Crippen molar-refractivity contribution < 1.29 is 9.53 Å². The van der Waals surface area contributed by atoms with Crippen LogP contribution in [-0.2, 0) is 4.79 Å². The molecule has 4 aromatic rings. The molecule has 0 aliphatic carbocycles. The fraction of sp³-hybridized carbons (Fsp3) is 0.133. The van der Waals surface area contributed by atoms with Crippen molar-refractivity contribution in [3.63, 3.8) is 0 Å². The molecule has 3 N–H and O–H groups in total. The van der Waals surface area contributed by atoms with Crippen LogP contribution in [0.3, 0.4) is 0 Å². The summed E-state index contributed by atoms with van der Waals surface area (Å²) in [4.78, 5) is 14.4. The highest BCUT2D eigenvalue weighted by Crippen LogP contribution is 2.37. The van der Waals surface area contributed by atoms with E-state index in [-0.39, 0.29) is 5.91 Å². The number of methoxy groups -OCH3 is 1. The Morgan fingerprint density at radius 3 is 2.27 bits per heavy atom. The molecule has 5 nitrogen and oxygen atoms in total. The van der Waals surface area contributed by atoms with E-state index in [1.807, 2.05) is 104 Å². The minimum atomic E-state index is -0.434. The average Bonchev–Trinajstić information content (AvgIpc) is 2.90. The summed E-state index contributed by atoms with van der Waals surface area (Å²) in [7, 11) is 1.62. The van der Waals surface area contributed by atoms with Gasteiger partial charge in [0.25, 0.3) is 0 Å². The largest absolute Gasteiger partial charge is 0.495 e. The number of aryl methyl sites for hydroxylation is 2. The minimum absolute atomic E-state index is 0.0776. The number of hydrogen-bond donors (Lipinski definition) is 3. The van der Waals surface area contributed by atoms with Crippen LogP contribution < -0.4 is 20.7 Å². The van der Waals surface area contributed by atoms with Crippen molar-refractivity contribution in [2.45, 2.75) is 24.0 Å². The van der Waals surface area contributed by atoms with Crippen molar-refractivity contribution in [3.05, 3.63) is 114 Å². The molecule has 0 saturated carbocycles. The van der Waals surface area contributed by atoms with Gasteiger partial charge in [0, 0.05) is 16.3 Å². The van der Waals surface area contributed by atoms with Gasteiger partial charge in [-0.15, -0.1) is 11.8 Å². The van der Waals surface area contributed by atoms with Gasteiger partial charge in [-0.05, 0) is 85.2 Å². The second kappa shape index (κ2) is 12.4. The number of benzene rings is 4. The van der Waals surface area contributed by atoms with Crippen LogP contribution in [-0.4, -0.2) is 18.1 Å². The zero-order valence-electron chi connectivity index (χ0n) is 20.9.